The highest BCUT2D eigenvalue weighted by atomic mass is 19.1. The maximum Gasteiger partial charge on any atom is 0.230 e. The smallest absolute Gasteiger partial charge is 0.230 e. The van der Waals surface area contributed by atoms with Crippen LogP contribution in [0.5, 0.6) is 0 Å². The number of nitrogen functional groups attached to an aromatic ring is 1. The predicted molar refractivity (Wildman–Crippen MR) is 76.4 cm³/mol. The second-order valence-corrected chi connectivity index (χ2v) is 4.74. The van der Waals surface area contributed by atoms with E-state index in [4.69, 9.17) is 10.3 Å². The maximum atomic E-state index is 13.2. The molecule has 0 atom stereocenters. The Balaban J connectivity index is 2.19. The van der Waals surface area contributed by atoms with Crippen LogP contribution in [-0.4, -0.2) is 5.16 Å². The third-order valence-electron chi connectivity index (χ3n) is 3.29. The molecule has 1 aromatic heterocycles. The first-order chi connectivity index (χ1) is 10.1. The normalized spacial score (nSPS) is 10.8. The Morgan fingerprint density at radius 1 is 1.00 bits per heavy atom. The summed E-state index contributed by atoms with van der Waals surface area (Å²) in [4.78, 5) is 0. The highest BCUT2D eigenvalue weighted by Gasteiger charge is 2.19. The lowest BCUT2D eigenvalue weighted by molar-refractivity contribution is 0.439. The molecule has 0 fully saturated rings. The van der Waals surface area contributed by atoms with E-state index in [-0.39, 0.29) is 17.5 Å². The summed E-state index contributed by atoms with van der Waals surface area (Å²) >= 11 is 0. The van der Waals surface area contributed by atoms with Crippen LogP contribution in [0.3, 0.4) is 0 Å². The van der Waals surface area contributed by atoms with Crippen molar-refractivity contribution in [3.05, 3.63) is 59.7 Å². The minimum Gasteiger partial charge on any atom is -0.367 e. The molecule has 3 aromatic rings. The minimum absolute atomic E-state index is 0.139. The summed E-state index contributed by atoms with van der Waals surface area (Å²) in [6.07, 6.45) is 0. The number of rotatable bonds is 2. The molecule has 106 valence electrons. The molecule has 2 aromatic carbocycles. The van der Waals surface area contributed by atoms with E-state index in [1.165, 1.54) is 24.3 Å². The van der Waals surface area contributed by atoms with Crippen LogP contribution in [0.4, 0.5) is 14.7 Å². The molecule has 0 spiro atoms. The van der Waals surface area contributed by atoms with Gasteiger partial charge in [0.05, 0.1) is 5.56 Å². The lowest BCUT2D eigenvalue weighted by atomic mass is 9.98. The van der Waals surface area contributed by atoms with Crippen molar-refractivity contribution in [1.82, 2.24) is 5.16 Å². The Hall–Kier alpha value is -2.69. The zero-order chi connectivity index (χ0) is 15.0. The van der Waals surface area contributed by atoms with Gasteiger partial charge in [-0.1, -0.05) is 17.3 Å². The number of nitrogens with two attached hydrogens (primary N) is 1. The van der Waals surface area contributed by atoms with E-state index in [1.54, 1.807) is 25.1 Å². The van der Waals surface area contributed by atoms with Gasteiger partial charge >= 0.3 is 0 Å². The summed E-state index contributed by atoms with van der Waals surface area (Å²) in [7, 11) is 0. The van der Waals surface area contributed by atoms with Crippen LogP contribution in [0.1, 0.15) is 5.56 Å². The third-order valence-corrected chi connectivity index (χ3v) is 3.29. The van der Waals surface area contributed by atoms with Crippen LogP contribution in [-0.2, 0) is 0 Å². The molecule has 5 heteroatoms. The Kier molecular flexibility index (Phi) is 3.17. The average molecular weight is 286 g/mol. The largest absolute Gasteiger partial charge is 0.367 e. The van der Waals surface area contributed by atoms with Crippen molar-refractivity contribution >= 4 is 5.88 Å². The van der Waals surface area contributed by atoms with Crippen LogP contribution in [0.15, 0.2) is 47.0 Å². The molecule has 0 aliphatic heterocycles. The molecule has 0 aliphatic rings. The van der Waals surface area contributed by atoms with E-state index in [0.29, 0.717) is 22.4 Å². The zero-order valence-electron chi connectivity index (χ0n) is 11.2. The molecule has 3 nitrogen and oxygen atoms in total. The topological polar surface area (TPSA) is 52.0 Å². The number of benzene rings is 2. The average Bonchev–Trinajstić information content (AvgIpc) is 2.82. The Morgan fingerprint density at radius 3 is 2.33 bits per heavy atom. The fourth-order valence-corrected chi connectivity index (χ4v) is 2.27. The summed E-state index contributed by atoms with van der Waals surface area (Å²) < 4.78 is 31.3. The molecule has 0 bridgehead atoms. The van der Waals surface area contributed by atoms with Gasteiger partial charge in [0.15, 0.2) is 0 Å². The first-order valence-electron chi connectivity index (χ1n) is 6.34. The van der Waals surface area contributed by atoms with Crippen molar-refractivity contribution in [1.29, 1.82) is 0 Å². The first kappa shape index (κ1) is 13.3. The number of aromatic nitrogens is 1. The van der Waals surface area contributed by atoms with Crippen LogP contribution >= 0.6 is 0 Å². The van der Waals surface area contributed by atoms with Gasteiger partial charge in [-0.05, 0) is 48.4 Å². The fraction of sp³-hybridized carbons (Fsp3) is 0.0625. The van der Waals surface area contributed by atoms with Crippen molar-refractivity contribution in [2.75, 3.05) is 5.73 Å². The molecule has 0 unspecified atom stereocenters. The van der Waals surface area contributed by atoms with Crippen molar-refractivity contribution in [3.63, 3.8) is 0 Å². The van der Waals surface area contributed by atoms with Crippen molar-refractivity contribution in [3.8, 4) is 22.4 Å². The van der Waals surface area contributed by atoms with Crippen molar-refractivity contribution in [2.24, 2.45) is 0 Å². The van der Waals surface area contributed by atoms with Gasteiger partial charge in [0.25, 0.3) is 0 Å². The SMILES string of the molecule is Cc1cc(F)ccc1-c1noc(N)c1-c1ccc(F)cc1. The number of aryl methyl sites for hydroxylation is 1. The quantitative estimate of drug-likeness (QED) is 0.769. The van der Waals surface area contributed by atoms with Crippen LogP contribution in [0, 0.1) is 18.6 Å². The van der Waals surface area contributed by atoms with Gasteiger partial charge < -0.3 is 10.3 Å². The van der Waals surface area contributed by atoms with Crippen LogP contribution in [0.25, 0.3) is 22.4 Å². The lowest BCUT2D eigenvalue weighted by Crippen LogP contribution is -1.90. The van der Waals surface area contributed by atoms with Gasteiger partial charge in [-0.3, -0.25) is 0 Å². The molecule has 1 heterocycles. The lowest BCUT2D eigenvalue weighted by Gasteiger charge is -2.06. The van der Waals surface area contributed by atoms with Crippen molar-refractivity contribution in [2.45, 2.75) is 6.92 Å². The molecule has 0 saturated heterocycles. The van der Waals surface area contributed by atoms with Gasteiger partial charge in [-0.25, -0.2) is 8.78 Å². The first-order valence-corrected chi connectivity index (χ1v) is 6.34. The number of halogens is 2. The molecule has 0 amide bonds. The highest BCUT2D eigenvalue weighted by molar-refractivity contribution is 5.87. The van der Waals surface area contributed by atoms with E-state index in [1.807, 2.05) is 0 Å². The van der Waals surface area contributed by atoms with E-state index in [0.717, 1.165) is 5.56 Å². The Morgan fingerprint density at radius 2 is 1.67 bits per heavy atom. The van der Waals surface area contributed by atoms with Gasteiger partial charge in [0, 0.05) is 5.56 Å². The molecule has 0 aliphatic carbocycles. The van der Waals surface area contributed by atoms with E-state index in [9.17, 15) is 8.78 Å². The third kappa shape index (κ3) is 2.38. The standard InChI is InChI=1S/C16H12F2N2O/c1-9-8-12(18)6-7-13(9)15-14(16(19)21-20-15)10-2-4-11(17)5-3-10/h2-8H,19H2,1H3. The summed E-state index contributed by atoms with van der Waals surface area (Å²) in [5, 5.41) is 3.96. The predicted octanol–water partition coefficient (Wildman–Crippen LogP) is 4.18. The zero-order valence-corrected chi connectivity index (χ0v) is 11.2. The summed E-state index contributed by atoms with van der Waals surface area (Å²) in [6.45, 7) is 1.78. The van der Waals surface area contributed by atoms with Gasteiger partial charge in [0.2, 0.25) is 5.88 Å². The number of hydrogen-bond donors (Lipinski definition) is 1. The van der Waals surface area contributed by atoms with Gasteiger partial charge in [0.1, 0.15) is 17.3 Å². The molecule has 0 radical (unpaired) electrons. The van der Waals surface area contributed by atoms with Crippen molar-refractivity contribution < 1.29 is 13.3 Å². The number of nitrogens with zero attached hydrogens (tertiary/aromatic N) is 1. The van der Waals surface area contributed by atoms with E-state index in [2.05, 4.69) is 5.16 Å². The second kappa shape index (κ2) is 5.01. The Labute approximate surface area is 120 Å². The number of hydrogen-bond acceptors (Lipinski definition) is 3. The fourth-order valence-electron chi connectivity index (χ4n) is 2.27. The number of anilines is 1. The molecule has 3 rings (SSSR count). The molecule has 2 N–H and O–H groups in total. The molecular formula is C16H12F2N2O. The van der Waals surface area contributed by atoms with Crippen LogP contribution in [0.2, 0.25) is 0 Å². The molecule has 0 saturated carbocycles. The maximum absolute atomic E-state index is 13.2. The highest BCUT2D eigenvalue weighted by Crippen LogP contribution is 2.37. The van der Waals surface area contributed by atoms with E-state index < -0.39 is 0 Å². The minimum atomic E-state index is -0.340. The Bertz CT molecular complexity index is 795. The molecular weight excluding hydrogens is 274 g/mol. The monoisotopic (exact) mass is 286 g/mol. The van der Waals surface area contributed by atoms with Crippen LogP contribution < -0.4 is 5.73 Å². The summed E-state index contributed by atoms with van der Waals surface area (Å²) in [5.74, 6) is -0.523. The van der Waals surface area contributed by atoms with Gasteiger partial charge in [-0.2, -0.15) is 0 Å². The van der Waals surface area contributed by atoms with Gasteiger partial charge in [-0.15, -0.1) is 0 Å². The summed E-state index contributed by atoms with van der Waals surface area (Å²) in [6, 6.07) is 10.2. The summed E-state index contributed by atoms with van der Waals surface area (Å²) in [5.41, 5.74) is 9.04. The van der Waals surface area contributed by atoms with E-state index >= 15 is 0 Å². The molecule has 21 heavy (non-hydrogen) atoms. The second-order valence-electron chi connectivity index (χ2n) is 4.74.